The third-order valence-corrected chi connectivity index (χ3v) is 4.30. The Morgan fingerprint density at radius 1 is 1.23 bits per heavy atom. The minimum Gasteiger partial charge on any atom is -0.493 e. The first kappa shape index (κ1) is 22.0. The van der Waals surface area contributed by atoms with Gasteiger partial charge in [0.25, 0.3) is 0 Å². The fourth-order valence-corrected chi connectivity index (χ4v) is 2.39. The van der Waals surface area contributed by atoms with Crippen LogP contribution in [0.3, 0.4) is 0 Å². The van der Waals surface area contributed by atoms with Gasteiger partial charge in [-0.25, -0.2) is 4.79 Å². The second-order valence-electron chi connectivity index (χ2n) is 6.34. The topological polar surface area (TPSA) is 55.8 Å². The summed E-state index contributed by atoms with van der Waals surface area (Å²) < 4.78 is 11.0. The molecule has 0 amide bonds. The Bertz CT molecular complexity index is 587. The summed E-state index contributed by atoms with van der Waals surface area (Å²) >= 11 is 0. The maximum atomic E-state index is 11.1. The molecule has 0 bridgehead atoms. The number of carbonyl (C=O) groups is 1. The van der Waals surface area contributed by atoms with Gasteiger partial charge in [-0.1, -0.05) is 50.6 Å². The fourth-order valence-electron chi connectivity index (χ4n) is 2.39. The number of hydrogen-bond acceptors (Lipinski definition) is 3. The molecule has 1 rings (SSSR count). The van der Waals surface area contributed by atoms with Crippen molar-refractivity contribution >= 4 is 5.97 Å². The fraction of sp³-hybridized carbons (Fsp3) is 0.500. The normalized spacial score (nSPS) is 14.4. The highest BCUT2D eigenvalue weighted by atomic mass is 16.5. The van der Waals surface area contributed by atoms with Gasteiger partial charge in [0, 0.05) is 19.4 Å². The third-order valence-electron chi connectivity index (χ3n) is 4.30. The lowest BCUT2D eigenvalue weighted by Crippen LogP contribution is -2.26. The van der Waals surface area contributed by atoms with Crippen molar-refractivity contribution in [1.29, 1.82) is 0 Å². The highest BCUT2D eigenvalue weighted by Gasteiger charge is 2.17. The highest BCUT2D eigenvalue weighted by Crippen LogP contribution is 2.16. The van der Waals surface area contributed by atoms with E-state index in [4.69, 9.17) is 14.6 Å². The summed E-state index contributed by atoms with van der Waals surface area (Å²) in [5.74, 6) is 0.444. The Morgan fingerprint density at radius 2 is 1.92 bits per heavy atom. The molecule has 1 aromatic rings. The lowest BCUT2D eigenvalue weighted by molar-refractivity contribution is -0.149. The van der Waals surface area contributed by atoms with Gasteiger partial charge in [0.1, 0.15) is 5.75 Å². The van der Waals surface area contributed by atoms with Gasteiger partial charge in [-0.05, 0) is 43.0 Å². The monoisotopic (exact) mass is 360 g/mol. The van der Waals surface area contributed by atoms with Crippen molar-refractivity contribution in [3.05, 3.63) is 53.6 Å². The maximum absolute atomic E-state index is 11.1. The molecule has 0 radical (unpaired) electrons. The van der Waals surface area contributed by atoms with E-state index in [1.54, 1.807) is 6.92 Å². The summed E-state index contributed by atoms with van der Waals surface area (Å²) in [5.41, 5.74) is 2.19. The van der Waals surface area contributed by atoms with Crippen molar-refractivity contribution in [2.24, 2.45) is 5.92 Å². The lowest BCUT2D eigenvalue weighted by atomic mass is 10.1. The van der Waals surface area contributed by atoms with Crippen LogP contribution in [0.5, 0.6) is 5.75 Å². The highest BCUT2D eigenvalue weighted by molar-refractivity contribution is 5.72. The molecule has 26 heavy (non-hydrogen) atoms. The number of hydrogen-bond donors (Lipinski definition) is 1. The van der Waals surface area contributed by atoms with E-state index in [0.29, 0.717) is 25.6 Å². The van der Waals surface area contributed by atoms with Crippen LogP contribution >= 0.6 is 0 Å². The molecule has 0 saturated carbocycles. The quantitative estimate of drug-likeness (QED) is 0.531. The molecule has 144 valence electrons. The molecule has 0 aliphatic rings. The molecule has 0 spiro atoms. The van der Waals surface area contributed by atoms with Crippen molar-refractivity contribution in [2.75, 3.05) is 13.2 Å². The predicted molar refractivity (Wildman–Crippen MR) is 106 cm³/mol. The van der Waals surface area contributed by atoms with Gasteiger partial charge < -0.3 is 14.6 Å². The van der Waals surface area contributed by atoms with Crippen LogP contribution in [0.2, 0.25) is 0 Å². The molecule has 1 unspecified atom stereocenters. The minimum absolute atomic E-state index is 0.354. The van der Waals surface area contributed by atoms with Gasteiger partial charge in [-0.15, -0.1) is 0 Å². The van der Waals surface area contributed by atoms with Gasteiger partial charge in [0.05, 0.1) is 6.61 Å². The Hall–Kier alpha value is -2.07. The molecule has 0 heterocycles. The summed E-state index contributed by atoms with van der Waals surface area (Å²) in [7, 11) is 0. The number of aliphatic carboxylic acids is 1. The van der Waals surface area contributed by atoms with Crippen LogP contribution in [0.4, 0.5) is 0 Å². The Labute approximate surface area is 157 Å². The van der Waals surface area contributed by atoms with E-state index < -0.39 is 12.1 Å². The van der Waals surface area contributed by atoms with Crippen molar-refractivity contribution in [1.82, 2.24) is 0 Å². The van der Waals surface area contributed by atoms with E-state index in [2.05, 4.69) is 32.1 Å². The largest absolute Gasteiger partial charge is 0.493 e. The van der Waals surface area contributed by atoms with Crippen LogP contribution in [0.1, 0.15) is 46.1 Å². The van der Waals surface area contributed by atoms with Gasteiger partial charge in [0.2, 0.25) is 0 Å². The van der Waals surface area contributed by atoms with Crippen LogP contribution < -0.4 is 4.74 Å². The molecule has 0 aromatic heterocycles. The van der Waals surface area contributed by atoms with Crippen LogP contribution in [0.15, 0.2) is 48.1 Å². The molecule has 0 aliphatic heterocycles. The second-order valence-corrected chi connectivity index (χ2v) is 6.34. The lowest BCUT2D eigenvalue weighted by Gasteiger charge is -2.13. The second kappa shape index (κ2) is 12.3. The first-order valence-corrected chi connectivity index (χ1v) is 9.39. The van der Waals surface area contributed by atoms with Crippen LogP contribution in [-0.4, -0.2) is 30.4 Å². The summed E-state index contributed by atoms with van der Waals surface area (Å²) in [6.07, 6.45) is 8.08. The summed E-state index contributed by atoms with van der Waals surface area (Å²) in [5, 5.41) is 9.14. The molecular weight excluding hydrogens is 328 g/mol. The average molecular weight is 360 g/mol. The van der Waals surface area contributed by atoms with Crippen molar-refractivity contribution in [3.63, 3.8) is 0 Å². The zero-order valence-electron chi connectivity index (χ0n) is 16.4. The average Bonchev–Trinajstić information content (AvgIpc) is 2.64. The molecule has 1 N–H and O–H groups in total. The molecule has 4 heteroatoms. The Morgan fingerprint density at radius 3 is 2.46 bits per heavy atom. The summed E-state index contributed by atoms with van der Waals surface area (Å²) in [6, 6.07) is 7.54. The molecule has 0 fully saturated rings. The van der Waals surface area contributed by atoms with E-state index in [-0.39, 0.29) is 0 Å². The smallest absolute Gasteiger partial charge is 0.333 e. The zero-order valence-corrected chi connectivity index (χ0v) is 16.4. The van der Waals surface area contributed by atoms with Gasteiger partial charge in [-0.3, -0.25) is 0 Å². The number of rotatable bonds is 12. The number of carboxylic acids is 1. The SMILES string of the molecule is C/C=C(\C=C/C(C)CC)CCOc1ccc(C[C@H](OCC)C(=O)O)cc1. The van der Waals surface area contributed by atoms with Crippen LogP contribution in [0, 0.1) is 5.92 Å². The minimum atomic E-state index is -0.934. The van der Waals surface area contributed by atoms with Gasteiger partial charge in [0.15, 0.2) is 6.10 Å². The summed E-state index contributed by atoms with van der Waals surface area (Å²) in [4.78, 5) is 11.1. The molecule has 2 atom stereocenters. The van der Waals surface area contributed by atoms with E-state index in [0.717, 1.165) is 24.2 Å². The van der Waals surface area contributed by atoms with Crippen molar-refractivity contribution in [3.8, 4) is 5.75 Å². The summed E-state index contributed by atoms with van der Waals surface area (Å²) in [6.45, 7) is 9.23. The molecule has 1 aromatic carbocycles. The molecule has 0 saturated heterocycles. The standard InChI is InChI=1S/C22H32O4/c1-5-17(4)8-9-18(6-2)14-15-26-20-12-10-19(11-13-20)16-21(22(23)24)25-7-3/h6,8-13,17,21H,5,7,14-16H2,1-4H3,(H,23,24)/b9-8-,18-6+/t17?,21-/m0/s1. The van der Waals surface area contributed by atoms with E-state index in [1.165, 1.54) is 5.57 Å². The van der Waals surface area contributed by atoms with Crippen molar-refractivity contribution < 1.29 is 19.4 Å². The van der Waals surface area contributed by atoms with E-state index in [1.807, 2.05) is 31.2 Å². The maximum Gasteiger partial charge on any atom is 0.333 e. The van der Waals surface area contributed by atoms with Crippen LogP contribution in [-0.2, 0) is 16.0 Å². The van der Waals surface area contributed by atoms with Gasteiger partial charge in [-0.2, -0.15) is 0 Å². The van der Waals surface area contributed by atoms with Crippen LogP contribution in [0.25, 0.3) is 0 Å². The van der Waals surface area contributed by atoms with Crippen molar-refractivity contribution in [2.45, 2.75) is 53.1 Å². The number of ether oxygens (including phenoxy) is 2. The Kier molecular flexibility index (Phi) is 10.4. The molecule has 4 nitrogen and oxygen atoms in total. The first-order valence-electron chi connectivity index (χ1n) is 9.39. The molecule has 0 aliphatic carbocycles. The number of carboxylic acid groups (broad SMARTS) is 1. The van der Waals surface area contributed by atoms with Gasteiger partial charge >= 0.3 is 5.97 Å². The zero-order chi connectivity index (χ0) is 19.4. The molecular formula is C22H32O4. The first-order chi connectivity index (χ1) is 12.5. The number of allylic oxidation sites excluding steroid dienone is 3. The van der Waals surface area contributed by atoms with E-state index in [9.17, 15) is 4.79 Å². The third kappa shape index (κ3) is 8.34. The van der Waals surface area contributed by atoms with E-state index >= 15 is 0 Å². The predicted octanol–water partition coefficient (Wildman–Crippen LogP) is 5.04. The number of benzene rings is 1. The Balaban J connectivity index is 2.49.